The number of benzene rings is 17. The van der Waals surface area contributed by atoms with Crippen molar-refractivity contribution in [2.24, 2.45) is 0 Å². The second-order valence-corrected chi connectivity index (χ2v) is 25.3. The zero-order valence-corrected chi connectivity index (χ0v) is 49.4. The highest BCUT2D eigenvalue weighted by Gasteiger charge is 2.34. The molecule has 0 aliphatic rings. The summed E-state index contributed by atoms with van der Waals surface area (Å²) in [5, 5.41) is 31.4. The highest BCUT2D eigenvalue weighted by Crippen LogP contribution is 2.62. The Bertz CT molecular complexity index is 4920. The fourth-order valence-corrected chi connectivity index (χ4v) is 17.6. The van der Waals surface area contributed by atoms with E-state index in [1.807, 2.05) is 14.2 Å². The van der Waals surface area contributed by atoms with Crippen LogP contribution in [0.1, 0.15) is 66.8 Å². The minimum atomic E-state index is 0.869. The van der Waals surface area contributed by atoms with Crippen LogP contribution < -0.4 is 9.47 Å². The maximum Gasteiger partial charge on any atom is 0.120 e. The zero-order chi connectivity index (χ0) is 56.1. The number of hydrogen-bond acceptors (Lipinski definition) is 2. The normalized spacial score (nSPS) is 12.8. The fourth-order valence-electron chi connectivity index (χ4n) is 17.6. The predicted octanol–water partition coefficient (Wildman–Crippen LogP) is 22.5. The summed E-state index contributed by atoms with van der Waals surface area (Å²) in [5.74, 6) is 1.74. The molecule has 2 heteroatoms. The summed E-state index contributed by atoms with van der Waals surface area (Å²) in [6.07, 6.45) is 0. The van der Waals surface area contributed by atoms with Gasteiger partial charge in [0.15, 0.2) is 0 Å². The van der Waals surface area contributed by atoms with Gasteiger partial charge < -0.3 is 9.47 Å². The smallest absolute Gasteiger partial charge is 0.120 e. The maximum atomic E-state index is 6.53. The van der Waals surface area contributed by atoms with Crippen LogP contribution in [0.15, 0.2) is 121 Å². The Hall–Kier alpha value is -8.98. The van der Waals surface area contributed by atoms with Crippen molar-refractivity contribution in [1.82, 2.24) is 0 Å². The first-order valence-corrected chi connectivity index (χ1v) is 29.3. The van der Waals surface area contributed by atoms with E-state index in [-0.39, 0.29) is 0 Å². The molecule has 0 fully saturated rings. The number of hydrogen-bond donors (Lipinski definition) is 0. The molecule has 0 heterocycles. The standard InChI is InChI=1S/C80H62O2/c1-35-15-39(5)65(40(6)16-35)47-23-53-54-24-48(66-41(7)17-36(2)18-42(66)8)28-58-63-33-52(82-14)34-64-60-30-50(68-45(11)21-38(4)22-46(68)12)26-56-55-25-49(67-43(9)19-37(3)20-44(67)10)29-59-62-32-51(81-13)31-61-57(27-47)69(53)75-76(70(54)58)80(74(63)64)78(72(56)60)77(71(55)59)79(75)73(61)62/h15-34H,1-14H3. The van der Waals surface area contributed by atoms with Crippen LogP contribution in [-0.4, -0.2) is 14.2 Å². The monoisotopic (exact) mass is 1050 g/mol. The van der Waals surface area contributed by atoms with Gasteiger partial charge in [-0.2, -0.15) is 0 Å². The molecule has 0 amide bonds. The summed E-state index contributed by atoms with van der Waals surface area (Å²) in [6.45, 7) is 27.3. The number of aryl methyl sites for hydroxylation is 12. The van der Waals surface area contributed by atoms with Gasteiger partial charge in [0, 0.05) is 0 Å². The SMILES string of the molecule is COc1cc2c3cc(-c4c(C)cc(C)cc4C)cc4c5cc(-c6c(C)cc(C)cc6C)cc6c7cc(OC)cc8c9cc(-c%10c(C)cc(C)cc%10C)cc%10c%11cc(-c%12c(C)cc(C)cc%12C)cc%12c(c1)c2c1c(c34)c(c65)c(c78)c(c9%10)c1c%12%11. The molecule has 0 radical (unpaired) electrons. The van der Waals surface area contributed by atoms with Gasteiger partial charge in [0.05, 0.1) is 14.2 Å². The van der Waals surface area contributed by atoms with Crippen molar-refractivity contribution < 1.29 is 9.47 Å². The van der Waals surface area contributed by atoms with Crippen molar-refractivity contribution in [2.45, 2.75) is 83.1 Å². The van der Waals surface area contributed by atoms with Crippen molar-refractivity contribution in [3.05, 3.63) is 188 Å². The van der Waals surface area contributed by atoms with Gasteiger partial charge in [0.25, 0.3) is 0 Å². The fraction of sp³-hybridized carbons (Fsp3) is 0.175. The van der Waals surface area contributed by atoms with E-state index in [0.29, 0.717) is 0 Å². The minimum Gasteiger partial charge on any atom is -0.497 e. The third-order valence-corrected chi connectivity index (χ3v) is 19.9. The first-order valence-electron chi connectivity index (χ1n) is 29.3. The summed E-state index contributed by atoms with van der Waals surface area (Å²) in [4.78, 5) is 0. The molecule has 17 aromatic carbocycles. The molecule has 0 bridgehead atoms. The van der Waals surface area contributed by atoms with Crippen LogP contribution in [0.25, 0.3) is 174 Å². The largest absolute Gasteiger partial charge is 0.497 e. The van der Waals surface area contributed by atoms with Crippen molar-refractivity contribution >= 4 is 129 Å². The first-order chi connectivity index (χ1) is 39.5. The van der Waals surface area contributed by atoms with Crippen LogP contribution >= 0.6 is 0 Å². The number of methoxy groups -OCH3 is 2. The van der Waals surface area contributed by atoms with Crippen molar-refractivity contribution in [1.29, 1.82) is 0 Å². The Balaban J connectivity index is 1.23. The molecule has 394 valence electrons. The maximum absolute atomic E-state index is 6.53. The van der Waals surface area contributed by atoms with Crippen molar-refractivity contribution in [3.8, 4) is 56.0 Å². The molecule has 0 spiro atoms. The molecular weight excluding hydrogens is 993 g/mol. The minimum absolute atomic E-state index is 0.869. The second kappa shape index (κ2) is 15.9. The lowest BCUT2D eigenvalue weighted by molar-refractivity contribution is 0.416. The molecule has 0 aromatic heterocycles. The van der Waals surface area contributed by atoms with Crippen LogP contribution in [-0.2, 0) is 0 Å². The third-order valence-electron chi connectivity index (χ3n) is 19.9. The Morgan fingerprint density at radius 1 is 0.183 bits per heavy atom. The van der Waals surface area contributed by atoms with Gasteiger partial charge in [0.1, 0.15) is 11.5 Å². The second-order valence-electron chi connectivity index (χ2n) is 25.3. The lowest BCUT2D eigenvalue weighted by Gasteiger charge is -2.30. The number of fused-ring (bicyclic) bond motifs is 6. The molecule has 0 saturated heterocycles. The molecule has 17 rings (SSSR count). The van der Waals surface area contributed by atoms with Gasteiger partial charge in [-0.25, -0.2) is 0 Å². The van der Waals surface area contributed by atoms with Gasteiger partial charge >= 0.3 is 0 Å². The summed E-state index contributed by atoms with van der Waals surface area (Å²) >= 11 is 0. The average molecular weight is 1060 g/mol. The van der Waals surface area contributed by atoms with E-state index >= 15 is 0 Å². The summed E-state index contributed by atoms with van der Waals surface area (Å²) in [5.41, 5.74) is 25.6. The average Bonchev–Trinajstić information content (AvgIpc) is 0.853. The van der Waals surface area contributed by atoms with Crippen LogP contribution in [0, 0.1) is 83.1 Å². The van der Waals surface area contributed by atoms with Crippen LogP contribution in [0.4, 0.5) is 0 Å². The predicted molar refractivity (Wildman–Crippen MR) is 355 cm³/mol. The summed E-state index contributed by atoms with van der Waals surface area (Å²) in [6, 6.07) is 48.9. The molecule has 0 saturated carbocycles. The van der Waals surface area contributed by atoms with Gasteiger partial charge in [0.2, 0.25) is 0 Å². The highest BCUT2D eigenvalue weighted by atomic mass is 16.5. The molecular formula is C80H62O2. The Labute approximate surface area is 477 Å². The topological polar surface area (TPSA) is 18.5 Å². The quantitative estimate of drug-likeness (QED) is 0.122. The number of ether oxygens (including phenoxy) is 2. The molecule has 2 nitrogen and oxygen atoms in total. The van der Waals surface area contributed by atoms with E-state index in [0.717, 1.165) is 11.5 Å². The van der Waals surface area contributed by atoms with Gasteiger partial charge in [-0.1, -0.05) is 70.8 Å². The molecule has 0 aliphatic carbocycles. The van der Waals surface area contributed by atoms with E-state index in [1.54, 1.807) is 0 Å². The van der Waals surface area contributed by atoms with E-state index in [4.69, 9.17) is 9.47 Å². The van der Waals surface area contributed by atoms with E-state index < -0.39 is 0 Å². The van der Waals surface area contributed by atoms with Gasteiger partial charge in [-0.3, -0.25) is 0 Å². The van der Waals surface area contributed by atoms with Gasteiger partial charge in [-0.05, 0) is 374 Å². The molecule has 0 unspecified atom stereocenters. The van der Waals surface area contributed by atoms with Crippen LogP contribution in [0.5, 0.6) is 11.5 Å². The van der Waals surface area contributed by atoms with Crippen molar-refractivity contribution in [2.75, 3.05) is 14.2 Å². The lowest BCUT2D eigenvalue weighted by atomic mass is 9.72. The van der Waals surface area contributed by atoms with E-state index in [1.165, 1.54) is 241 Å². The highest BCUT2D eigenvalue weighted by molar-refractivity contribution is 6.61. The molecule has 0 atom stereocenters. The van der Waals surface area contributed by atoms with E-state index in [2.05, 4.69) is 204 Å². The number of rotatable bonds is 6. The van der Waals surface area contributed by atoms with Gasteiger partial charge in [-0.15, -0.1) is 0 Å². The molecule has 17 aromatic rings. The van der Waals surface area contributed by atoms with E-state index in [9.17, 15) is 0 Å². The Kier molecular flexibility index (Phi) is 9.28. The molecule has 82 heavy (non-hydrogen) atoms. The third kappa shape index (κ3) is 5.90. The molecule has 0 aliphatic heterocycles. The van der Waals surface area contributed by atoms with Crippen molar-refractivity contribution in [3.63, 3.8) is 0 Å². The lowest BCUT2D eigenvalue weighted by Crippen LogP contribution is -2.02. The summed E-state index contributed by atoms with van der Waals surface area (Å²) < 4.78 is 13.1. The molecule has 0 N–H and O–H groups in total. The van der Waals surface area contributed by atoms with Crippen LogP contribution in [0.3, 0.4) is 0 Å². The Morgan fingerprint density at radius 3 is 0.476 bits per heavy atom. The summed E-state index contributed by atoms with van der Waals surface area (Å²) in [7, 11) is 3.70. The van der Waals surface area contributed by atoms with Crippen LogP contribution in [0.2, 0.25) is 0 Å². The Morgan fingerprint density at radius 2 is 0.329 bits per heavy atom. The first kappa shape index (κ1) is 47.8. The zero-order valence-electron chi connectivity index (χ0n) is 49.4.